The third kappa shape index (κ3) is 4.05. The van der Waals surface area contributed by atoms with Crippen molar-refractivity contribution in [2.75, 3.05) is 5.32 Å². The third-order valence-corrected chi connectivity index (χ3v) is 9.48. The van der Waals surface area contributed by atoms with Crippen LogP contribution in [0.25, 0.3) is 16.6 Å². The Labute approximate surface area is 215 Å². The minimum atomic E-state index is 0.690. The van der Waals surface area contributed by atoms with Crippen LogP contribution in [0.5, 0.6) is 0 Å². The maximum atomic E-state index is 3.73. The van der Waals surface area contributed by atoms with E-state index in [-0.39, 0.29) is 0 Å². The molecule has 3 aromatic rings. The molecule has 2 heteroatoms. The van der Waals surface area contributed by atoms with Crippen molar-refractivity contribution in [3.8, 4) is 5.69 Å². The molecule has 1 heterocycles. The van der Waals surface area contributed by atoms with Crippen molar-refractivity contribution in [3.63, 3.8) is 0 Å². The SMILES string of the molecule is C1=CC2CCC2C=C1/C(=C\Nc1cccc(-n2cc(C3CCCC3)c3ccccc32)c1)C1CCCC1. The van der Waals surface area contributed by atoms with Gasteiger partial charge in [-0.15, -0.1) is 0 Å². The molecule has 0 radical (unpaired) electrons. The van der Waals surface area contributed by atoms with Crippen molar-refractivity contribution >= 4 is 16.6 Å². The van der Waals surface area contributed by atoms with Crippen LogP contribution in [0.2, 0.25) is 0 Å². The number of nitrogens with zero attached hydrogens (tertiary/aromatic N) is 1. The Balaban J connectivity index is 1.20. The summed E-state index contributed by atoms with van der Waals surface area (Å²) in [5.41, 5.74) is 8.27. The number of nitrogens with one attached hydrogen (secondary N) is 1. The van der Waals surface area contributed by atoms with Gasteiger partial charge in [-0.2, -0.15) is 0 Å². The van der Waals surface area contributed by atoms with E-state index in [0.29, 0.717) is 11.8 Å². The highest BCUT2D eigenvalue weighted by atomic mass is 15.0. The molecule has 2 atom stereocenters. The minimum Gasteiger partial charge on any atom is -0.361 e. The van der Waals surface area contributed by atoms with Crippen molar-refractivity contribution in [2.45, 2.75) is 70.1 Å². The maximum absolute atomic E-state index is 3.73. The fraction of sp³-hybridized carbons (Fsp3) is 0.412. The normalized spacial score (nSPS) is 24.7. The van der Waals surface area contributed by atoms with Gasteiger partial charge in [0.05, 0.1) is 5.52 Å². The fourth-order valence-corrected chi connectivity index (χ4v) is 7.27. The zero-order chi connectivity index (χ0) is 23.9. The van der Waals surface area contributed by atoms with Crippen LogP contribution in [0.1, 0.15) is 75.7 Å². The van der Waals surface area contributed by atoms with Crippen LogP contribution in [0.15, 0.2) is 90.3 Å². The number of hydrogen-bond acceptors (Lipinski definition) is 1. The van der Waals surface area contributed by atoms with Crippen molar-refractivity contribution in [3.05, 3.63) is 95.9 Å². The fourth-order valence-electron chi connectivity index (χ4n) is 7.27. The highest BCUT2D eigenvalue weighted by molar-refractivity contribution is 5.86. The predicted molar refractivity (Wildman–Crippen MR) is 152 cm³/mol. The summed E-state index contributed by atoms with van der Waals surface area (Å²) >= 11 is 0. The molecule has 0 amide bonds. The van der Waals surface area contributed by atoms with Gasteiger partial charge in [0.1, 0.15) is 0 Å². The Kier molecular flexibility index (Phi) is 5.84. The molecule has 2 unspecified atom stereocenters. The first-order valence-electron chi connectivity index (χ1n) is 14.4. The molecule has 0 saturated heterocycles. The summed E-state index contributed by atoms with van der Waals surface area (Å²) in [6.07, 6.45) is 25.7. The molecule has 36 heavy (non-hydrogen) atoms. The zero-order valence-electron chi connectivity index (χ0n) is 21.3. The molecule has 0 spiro atoms. The van der Waals surface area contributed by atoms with Gasteiger partial charge in [0.2, 0.25) is 0 Å². The lowest BCUT2D eigenvalue weighted by Crippen LogP contribution is -2.25. The summed E-state index contributed by atoms with van der Waals surface area (Å²) in [7, 11) is 0. The van der Waals surface area contributed by atoms with E-state index in [1.54, 1.807) is 0 Å². The molecule has 184 valence electrons. The molecule has 1 aromatic heterocycles. The van der Waals surface area contributed by atoms with E-state index in [9.17, 15) is 0 Å². The van der Waals surface area contributed by atoms with Gasteiger partial charge < -0.3 is 9.88 Å². The van der Waals surface area contributed by atoms with Crippen molar-refractivity contribution in [2.24, 2.45) is 17.8 Å². The minimum absolute atomic E-state index is 0.690. The van der Waals surface area contributed by atoms with Crippen LogP contribution in [0.4, 0.5) is 5.69 Å². The summed E-state index contributed by atoms with van der Waals surface area (Å²) in [4.78, 5) is 0. The van der Waals surface area contributed by atoms with Gasteiger partial charge in [0.25, 0.3) is 0 Å². The van der Waals surface area contributed by atoms with Crippen LogP contribution < -0.4 is 5.32 Å². The summed E-state index contributed by atoms with van der Waals surface area (Å²) in [6.45, 7) is 0. The average Bonchev–Trinajstić information content (AvgIpc) is 3.67. The first-order valence-corrected chi connectivity index (χ1v) is 14.4. The molecular weight excluding hydrogens is 436 g/mol. The van der Waals surface area contributed by atoms with Gasteiger partial charge in [0.15, 0.2) is 0 Å². The molecule has 0 bridgehead atoms. The number of para-hydroxylation sites is 1. The van der Waals surface area contributed by atoms with E-state index >= 15 is 0 Å². The van der Waals surface area contributed by atoms with Crippen molar-refractivity contribution in [1.29, 1.82) is 0 Å². The van der Waals surface area contributed by atoms with Gasteiger partial charge in [-0.1, -0.05) is 68.2 Å². The lowest BCUT2D eigenvalue weighted by Gasteiger charge is -2.36. The lowest BCUT2D eigenvalue weighted by molar-refractivity contribution is 0.281. The number of rotatable bonds is 6. The second-order valence-corrected chi connectivity index (χ2v) is 11.6. The second kappa shape index (κ2) is 9.47. The smallest absolute Gasteiger partial charge is 0.0531 e. The quantitative estimate of drug-likeness (QED) is 0.376. The van der Waals surface area contributed by atoms with Crippen LogP contribution >= 0.6 is 0 Å². The molecule has 3 fully saturated rings. The van der Waals surface area contributed by atoms with Gasteiger partial charge in [0, 0.05) is 29.2 Å². The average molecular weight is 475 g/mol. The van der Waals surface area contributed by atoms with Gasteiger partial charge in [-0.05, 0) is 103 Å². The number of benzene rings is 2. The van der Waals surface area contributed by atoms with E-state index in [4.69, 9.17) is 0 Å². The van der Waals surface area contributed by atoms with Crippen LogP contribution in [0.3, 0.4) is 0 Å². The molecule has 4 aliphatic rings. The Hall–Kier alpha value is -3.00. The second-order valence-electron chi connectivity index (χ2n) is 11.6. The Morgan fingerprint density at radius 3 is 2.44 bits per heavy atom. The number of anilines is 1. The molecular formula is C34H38N2. The monoisotopic (exact) mass is 474 g/mol. The summed E-state index contributed by atoms with van der Waals surface area (Å²) in [5, 5.41) is 5.16. The number of allylic oxidation sites excluding steroid dienone is 5. The van der Waals surface area contributed by atoms with Crippen LogP contribution in [0, 0.1) is 17.8 Å². The first-order chi connectivity index (χ1) is 17.8. The van der Waals surface area contributed by atoms with Crippen LogP contribution in [-0.2, 0) is 0 Å². The molecule has 2 aromatic carbocycles. The number of hydrogen-bond donors (Lipinski definition) is 1. The van der Waals surface area contributed by atoms with E-state index in [1.807, 2.05) is 0 Å². The van der Waals surface area contributed by atoms with E-state index in [0.717, 1.165) is 11.8 Å². The number of aromatic nitrogens is 1. The Morgan fingerprint density at radius 2 is 1.64 bits per heavy atom. The zero-order valence-corrected chi connectivity index (χ0v) is 21.3. The number of fused-ring (bicyclic) bond motifs is 2. The van der Waals surface area contributed by atoms with E-state index in [2.05, 4.69) is 89.0 Å². The summed E-state index contributed by atoms with van der Waals surface area (Å²) in [6, 6.07) is 17.9. The summed E-state index contributed by atoms with van der Waals surface area (Å²) in [5.74, 6) is 2.97. The predicted octanol–water partition coefficient (Wildman–Crippen LogP) is 9.30. The molecule has 0 aliphatic heterocycles. The van der Waals surface area contributed by atoms with Gasteiger partial charge >= 0.3 is 0 Å². The van der Waals surface area contributed by atoms with Crippen molar-refractivity contribution < 1.29 is 0 Å². The lowest BCUT2D eigenvalue weighted by atomic mass is 9.69. The maximum Gasteiger partial charge on any atom is 0.0531 e. The highest BCUT2D eigenvalue weighted by Gasteiger charge is 2.31. The van der Waals surface area contributed by atoms with Gasteiger partial charge in [-0.25, -0.2) is 0 Å². The topological polar surface area (TPSA) is 17.0 Å². The standard InChI is InChI=1S/C34H38N2/c1-2-9-25(8-1)32(28-19-17-24-16-18-27(24)20-28)22-35-29-12-7-13-30(21-29)36-23-33(26-10-3-4-11-26)31-14-5-6-15-34(31)36/h5-7,12-15,17,19-27,35H,1-4,8-11,16,18H2/b32-22-. The van der Waals surface area contributed by atoms with Crippen molar-refractivity contribution in [1.82, 2.24) is 4.57 Å². The molecule has 3 saturated carbocycles. The first kappa shape index (κ1) is 22.2. The largest absolute Gasteiger partial charge is 0.361 e. The Morgan fingerprint density at radius 1 is 0.833 bits per heavy atom. The molecule has 1 N–H and O–H groups in total. The van der Waals surface area contributed by atoms with Gasteiger partial charge in [-0.3, -0.25) is 0 Å². The Bertz CT molecular complexity index is 1340. The van der Waals surface area contributed by atoms with E-state index in [1.165, 1.54) is 103 Å². The highest BCUT2D eigenvalue weighted by Crippen LogP contribution is 2.44. The summed E-state index contributed by atoms with van der Waals surface area (Å²) < 4.78 is 2.42. The van der Waals surface area contributed by atoms with E-state index < -0.39 is 0 Å². The third-order valence-electron chi connectivity index (χ3n) is 9.48. The molecule has 4 aliphatic carbocycles. The molecule has 2 nitrogen and oxygen atoms in total. The molecule has 7 rings (SSSR count). The van der Waals surface area contributed by atoms with Crippen LogP contribution in [-0.4, -0.2) is 4.57 Å².